The summed E-state index contributed by atoms with van der Waals surface area (Å²) >= 11 is 0. The number of nitrogens with zero attached hydrogens (tertiary/aromatic N) is 4. The van der Waals surface area contributed by atoms with E-state index in [4.69, 9.17) is 4.74 Å². The summed E-state index contributed by atoms with van der Waals surface area (Å²) in [6.45, 7) is 2.09. The van der Waals surface area contributed by atoms with Crippen LogP contribution in [0.1, 0.15) is 40.9 Å². The van der Waals surface area contributed by atoms with Gasteiger partial charge in [0.2, 0.25) is 0 Å². The highest BCUT2D eigenvalue weighted by molar-refractivity contribution is 5.92. The molecule has 1 saturated heterocycles. The fraction of sp³-hybridized carbons (Fsp3) is 0.562. The number of aryl methyl sites for hydroxylation is 1. The molecule has 1 aliphatic rings. The third-order valence-corrected chi connectivity index (χ3v) is 4.33. The second kappa shape index (κ2) is 6.95. The Bertz CT molecular complexity index is 663. The van der Waals surface area contributed by atoms with Crippen LogP contribution < -0.4 is 0 Å². The molecule has 2 aromatic heterocycles. The lowest BCUT2D eigenvalue weighted by atomic mass is 9.97. The molecule has 0 spiro atoms. The molecule has 0 bridgehead atoms. The molecule has 3 heterocycles. The zero-order valence-corrected chi connectivity index (χ0v) is 13.7. The number of hydrogen-bond donors (Lipinski definition) is 1. The second-order valence-corrected chi connectivity index (χ2v) is 5.98. The molecule has 1 fully saturated rings. The topological polar surface area (TPSA) is 76.0 Å². The lowest BCUT2D eigenvalue weighted by Crippen LogP contribution is -2.40. The van der Waals surface area contributed by atoms with Crippen molar-refractivity contribution in [3.8, 4) is 0 Å². The summed E-state index contributed by atoms with van der Waals surface area (Å²) in [4.78, 5) is 19.1. The van der Waals surface area contributed by atoms with Crippen LogP contribution in [0.2, 0.25) is 0 Å². The molecular weight excluding hydrogens is 294 g/mol. The molecule has 23 heavy (non-hydrogen) atoms. The first-order valence-electron chi connectivity index (χ1n) is 7.99. The van der Waals surface area contributed by atoms with Gasteiger partial charge in [0.1, 0.15) is 11.5 Å². The number of piperidine rings is 1. The second-order valence-electron chi connectivity index (χ2n) is 5.98. The Morgan fingerprint density at radius 1 is 1.52 bits per heavy atom. The van der Waals surface area contributed by atoms with Gasteiger partial charge < -0.3 is 14.2 Å². The number of aromatic nitrogens is 4. The maximum atomic E-state index is 12.6. The van der Waals surface area contributed by atoms with E-state index in [1.165, 1.54) is 0 Å². The van der Waals surface area contributed by atoms with Crippen molar-refractivity contribution in [2.75, 3.05) is 26.8 Å². The van der Waals surface area contributed by atoms with Crippen LogP contribution in [0.4, 0.5) is 0 Å². The number of carbonyl (C=O) groups is 1. The first kappa shape index (κ1) is 15.7. The Labute approximate surface area is 135 Å². The van der Waals surface area contributed by atoms with E-state index in [2.05, 4.69) is 15.2 Å². The molecule has 7 nitrogen and oxygen atoms in total. The minimum Gasteiger partial charge on any atom is -0.384 e. The van der Waals surface area contributed by atoms with Crippen LogP contribution in [-0.4, -0.2) is 57.4 Å². The summed E-state index contributed by atoms with van der Waals surface area (Å²) in [7, 11) is 3.57. The third-order valence-electron chi connectivity index (χ3n) is 4.33. The van der Waals surface area contributed by atoms with Gasteiger partial charge in [-0.2, -0.15) is 5.10 Å². The van der Waals surface area contributed by atoms with Crippen LogP contribution in [0.15, 0.2) is 18.3 Å². The average Bonchev–Trinajstić information content (AvgIpc) is 3.21. The van der Waals surface area contributed by atoms with Gasteiger partial charge in [0, 0.05) is 45.8 Å². The minimum absolute atomic E-state index is 0.0809. The molecular formula is C16H23N5O2. The van der Waals surface area contributed by atoms with E-state index in [1.807, 2.05) is 34.8 Å². The maximum Gasteiger partial charge on any atom is 0.270 e. The predicted molar refractivity (Wildman–Crippen MR) is 85.3 cm³/mol. The van der Waals surface area contributed by atoms with Gasteiger partial charge in [0.25, 0.3) is 5.91 Å². The summed E-state index contributed by atoms with van der Waals surface area (Å²) < 4.78 is 6.92. The number of H-pyrrole nitrogens is 1. The van der Waals surface area contributed by atoms with Crippen molar-refractivity contribution < 1.29 is 9.53 Å². The van der Waals surface area contributed by atoms with Crippen molar-refractivity contribution in [3.05, 3.63) is 35.7 Å². The molecule has 1 unspecified atom stereocenters. The van der Waals surface area contributed by atoms with Crippen LogP contribution in [0.3, 0.4) is 0 Å². The van der Waals surface area contributed by atoms with Gasteiger partial charge in [0.05, 0.1) is 6.61 Å². The monoisotopic (exact) mass is 317 g/mol. The average molecular weight is 317 g/mol. The Balaban J connectivity index is 1.67. The molecule has 3 rings (SSSR count). The lowest BCUT2D eigenvalue weighted by Gasteiger charge is -2.31. The van der Waals surface area contributed by atoms with E-state index < -0.39 is 0 Å². The smallest absolute Gasteiger partial charge is 0.270 e. The number of hydrogen-bond acceptors (Lipinski definition) is 4. The molecule has 0 aliphatic carbocycles. The quantitative estimate of drug-likeness (QED) is 0.903. The van der Waals surface area contributed by atoms with Gasteiger partial charge in [-0.1, -0.05) is 0 Å². The Morgan fingerprint density at radius 3 is 3.13 bits per heavy atom. The zero-order valence-electron chi connectivity index (χ0n) is 13.7. The predicted octanol–water partition coefficient (Wildman–Crippen LogP) is 1.35. The highest BCUT2D eigenvalue weighted by Gasteiger charge is 2.28. The third kappa shape index (κ3) is 3.44. The van der Waals surface area contributed by atoms with E-state index >= 15 is 0 Å². The minimum atomic E-state index is 0.0809. The van der Waals surface area contributed by atoms with Gasteiger partial charge in [-0.3, -0.25) is 9.89 Å². The Morgan fingerprint density at radius 2 is 2.39 bits per heavy atom. The maximum absolute atomic E-state index is 12.6. The van der Waals surface area contributed by atoms with Crippen LogP contribution in [-0.2, 0) is 18.2 Å². The number of ether oxygens (including phenoxy) is 1. The van der Waals surface area contributed by atoms with Gasteiger partial charge in [0.15, 0.2) is 5.82 Å². The largest absolute Gasteiger partial charge is 0.384 e. The lowest BCUT2D eigenvalue weighted by molar-refractivity contribution is 0.0695. The van der Waals surface area contributed by atoms with E-state index in [1.54, 1.807) is 7.11 Å². The Hall–Kier alpha value is -2.15. The normalized spacial score (nSPS) is 18.3. The highest BCUT2D eigenvalue weighted by Crippen LogP contribution is 2.25. The molecule has 2 aromatic rings. The number of methoxy groups -OCH3 is 1. The van der Waals surface area contributed by atoms with Crippen LogP contribution in [0, 0.1) is 0 Å². The van der Waals surface area contributed by atoms with Crippen LogP contribution in [0.25, 0.3) is 0 Å². The standard InChI is InChI=1S/C16H23N5O2/c1-20-8-4-6-13(20)16(22)21-9-3-5-12(11-21)15-17-14(18-19-15)7-10-23-2/h4,6,8,12H,3,5,7,9-11H2,1-2H3,(H,17,18,19). The number of carbonyl (C=O) groups excluding carboxylic acids is 1. The fourth-order valence-corrected chi connectivity index (χ4v) is 3.02. The van der Waals surface area contributed by atoms with Crippen LogP contribution >= 0.6 is 0 Å². The summed E-state index contributed by atoms with van der Waals surface area (Å²) in [5.74, 6) is 1.92. The first-order valence-corrected chi connectivity index (χ1v) is 7.99. The molecule has 1 N–H and O–H groups in total. The van der Waals surface area contributed by atoms with E-state index in [-0.39, 0.29) is 11.8 Å². The number of aromatic amines is 1. The van der Waals surface area contributed by atoms with Gasteiger partial charge >= 0.3 is 0 Å². The van der Waals surface area contributed by atoms with Crippen molar-refractivity contribution >= 4 is 5.91 Å². The van der Waals surface area contributed by atoms with E-state index in [0.29, 0.717) is 13.2 Å². The molecule has 0 saturated carbocycles. The van der Waals surface area contributed by atoms with Crippen molar-refractivity contribution in [2.24, 2.45) is 7.05 Å². The fourth-order valence-electron chi connectivity index (χ4n) is 3.02. The molecule has 1 aliphatic heterocycles. The molecule has 0 radical (unpaired) electrons. The van der Waals surface area contributed by atoms with Gasteiger partial charge in [-0.05, 0) is 25.0 Å². The first-order chi connectivity index (χ1) is 11.2. The van der Waals surface area contributed by atoms with E-state index in [9.17, 15) is 4.79 Å². The molecule has 124 valence electrons. The summed E-state index contributed by atoms with van der Waals surface area (Å²) in [5.41, 5.74) is 0.724. The summed E-state index contributed by atoms with van der Waals surface area (Å²) in [5, 5.41) is 7.30. The van der Waals surface area contributed by atoms with E-state index in [0.717, 1.165) is 43.1 Å². The van der Waals surface area contributed by atoms with Crippen molar-refractivity contribution in [1.82, 2.24) is 24.6 Å². The molecule has 0 aromatic carbocycles. The van der Waals surface area contributed by atoms with Crippen molar-refractivity contribution in [1.29, 1.82) is 0 Å². The highest BCUT2D eigenvalue weighted by atomic mass is 16.5. The zero-order chi connectivity index (χ0) is 16.2. The molecule has 1 atom stereocenters. The Kier molecular flexibility index (Phi) is 4.76. The number of amides is 1. The number of rotatable bonds is 5. The number of nitrogens with one attached hydrogen (secondary N) is 1. The SMILES string of the molecule is COCCc1nc(C2CCCN(C(=O)c3cccn3C)C2)n[nH]1. The van der Waals surface area contributed by atoms with Gasteiger partial charge in [-0.15, -0.1) is 0 Å². The van der Waals surface area contributed by atoms with Gasteiger partial charge in [-0.25, -0.2) is 4.98 Å². The molecule has 1 amide bonds. The van der Waals surface area contributed by atoms with Crippen molar-refractivity contribution in [2.45, 2.75) is 25.2 Å². The summed E-state index contributed by atoms with van der Waals surface area (Å²) in [6, 6.07) is 3.76. The molecule has 7 heteroatoms. The number of likely N-dealkylation sites (tertiary alicyclic amines) is 1. The summed E-state index contributed by atoms with van der Waals surface area (Å²) in [6.07, 6.45) is 4.61. The van der Waals surface area contributed by atoms with Crippen LogP contribution in [0.5, 0.6) is 0 Å². The van der Waals surface area contributed by atoms with Crippen molar-refractivity contribution in [3.63, 3.8) is 0 Å².